The molecule has 0 saturated heterocycles. The lowest BCUT2D eigenvalue weighted by Gasteiger charge is -2.06. The zero-order valence-electron chi connectivity index (χ0n) is 19.2. The van der Waals surface area contributed by atoms with Crippen molar-refractivity contribution in [1.82, 2.24) is 10.8 Å². The third-order valence-electron chi connectivity index (χ3n) is 5.16. The van der Waals surface area contributed by atoms with Gasteiger partial charge in [0, 0.05) is 19.4 Å². The predicted molar refractivity (Wildman–Crippen MR) is 123 cm³/mol. The number of rotatable bonds is 20. The molecule has 0 saturated carbocycles. The van der Waals surface area contributed by atoms with E-state index in [9.17, 15) is 9.59 Å². The van der Waals surface area contributed by atoms with E-state index in [-0.39, 0.29) is 12.3 Å². The summed E-state index contributed by atoms with van der Waals surface area (Å²) in [6, 6.07) is 0. The summed E-state index contributed by atoms with van der Waals surface area (Å²) in [5.74, 6) is -0.700. The maximum absolute atomic E-state index is 11.8. The molecule has 0 bridgehead atoms. The molecule has 0 aromatic carbocycles. The molecule has 0 aromatic heterocycles. The van der Waals surface area contributed by atoms with E-state index in [0.717, 1.165) is 25.7 Å². The second-order valence-electron chi connectivity index (χ2n) is 8.14. The van der Waals surface area contributed by atoms with Crippen molar-refractivity contribution in [3.8, 4) is 0 Å². The molecular weight excluding hydrogens is 380 g/mol. The molecule has 30 heavy (non-hydrogen) atoms. The van der Waals surface area contributed by atoms with Gasteiger partial charge in [-0.15, -0.1) is 0 Å². The Morgan fingerprint density at radius 3 is 1.73 bits per heavy atom. The van der Waals surface area contributed by atoms with Gasteiger partial charge in [-0.3, -0.25) is 10.2 Å². The average molecular weight is 427 g/mol. The van der Waals surface area contributed by atoms with Gasteiger partial charge in [0.05, 0.1) is 0 Å². The van der Waals surface area contributed by atoms with Crippen LogP contribution in [0.2, 0.25) is 0 Å². The van der Waals surface area contributed by atoms with Crippen LogP contribution in [0.25, 0.3) is 0 Å². The highest BCUT2D eigenvalue weighted by atomic mass is 16.7. The molecule has 0 heterocycles. The standard InChI is InChI=1S/C23H46N4O3/c1-2-3-4-5-6-7-8-9-10-11-12-13-15-18-21(28)26-20-17-14-16-19-22(29)30-27-23(24)25/h2-20H2,1H3,(H,26,28)(H4,24,25,27). The van der Waals surface area contributed by atoms with Gasteiger partial charge < -0.3 is 15.9 Å². The first-order chi connectivity index (χ1) is 14.6. The first-order valence-corrected chi connectivity index (χ1v) is 12.1. The highest BCUT2D eigenvalue weighted by Gasteiger charge is 2.04. The zero-order chi connectivity index (χ0) is 22.3. The molecule has 0 aliphatic rings. The van der Waals surface area contributed by atoms with Gasteiger partial charge in [0.15, 0.2) is 0 Å². The van der Waals surface area contributed by atoms with E-state index in [2.05, 4.69) is 17.1 Å². The molecule has 7 heteroatoms. The second kappa shape index (κ2) is 21.9. The van der Waals surface area contributed by atoms with Crippen LogP contribution in [0.1, 0.15) is 122 Å². The molecule has 176 valence electrons. The van der Waals surface area contributed by atoms with Gasteiger partial charge in [-0.05, 0) is 19.3 Å². The first kappa shape index (κ1) is 28.2. The van der Waals surface area contributed by atoms with Gasteiger partial charge in [-0.25, -0.2) is 4.79 Å². The lowest BCUT2D eigenvalue weighted by atomic mass is 10.0. The van der Waals surface area contributed by atoms with Crippen molar-refractivity contribution in [2.24, 2.45) is 5.73 Å². The zero-order valence-corrected chi connectivity index (χ0v) is 19.2. The molecular formula is C23H46N4O3. The summed E-state index contributed by atoms with van der Waals surface area (Å²) >= 11 is 0. The maximum Gasteiger partial charge on any atom is 0.332 e. The highest BCUT2D eigenvalue weighted by molar-refractivity contribution is 5.76. The van der Waals surface area contributed by atoms with E-state index in [1.54, 1.807) is 0 Å². The summed E-state index contributed by atoms with van der Waals surface area (Å²) in [7, 11) is 0. The van der Waals surface area contributed by atoms with Gasteiger partial charge in [0.2, 0.25) is 11.9 Å². The number of carbonyl (C=O) groups is 2. The summed E-state index contributed by atoms with van der Waals surface area (Å²) in [4.78, 5) is 27.6. The number of guanidine groups is 1. The van der Waals surface area contributed by atoms with Crippen molar-refractivity contribution in [3.05, 3.63) is 0 Å². The molecule has 0 atom stereocenters. The molecule has 0 aliphatic heterocycles. The van der Waals surface area contributed by atoms with Gasteiger partial charge in [-0.2, -0.15) is 5.48 Å². The lowest BCUT2D eigenvalue weighted by Crippen LogP contribution is -2.32. The predicted octanol–water partition coefficient (Wildman–Crippen LogP) is 5.09. The summed E-state index contributed by atoms with van der Waals surface area (Å²) in [5, 5.41) is 9.82. The van der Waals surface area contributed by atoms with Crippen LogP contribution >= 0.6 is 0 Å². The van der Waals surface area contributed by atoms with Crippen LogP contribution in [-0.2, 0) is 14.4 Å². The molecule has 0 spiro atoms. The van der Waals surface area contributed by atoms with Crippen LogP contribution in [0.4, 0.5) is 0 Å². The van der Waals surface area contributed by atoms with Crippen LogP contribution in [0.5, 0.6) is 0 Å². The van der Waals surface area contributed by atoms with Crippen LogP contribution in [-0.4, -0.2) is 24.4 Å². The molecule has 0 aromatic rings. The topological polar surface area (TPSA) is 117 Å². The molecule has 0 rings (SSSR count). The average Bonchev–Trinajstić information content (AvgIpc) is 2.72. The number of hydroxylamine groups is 1. The Morgan fingerprint density at radius 1 is 0.733 bits per heavy atom. The first-order valence-electron chi connectivity index (χ1n) is 12.1. The Balaban J connectivity index is 3.25. The van der Waals surface area contributed by atoms with Gasteiger partial charge >= 0.3 is 5.97 Å². The molecule has 0 aliphatic carbocycles. The van der Waals surface area contributed by atoms with Gasteiger partial charge in [-0.1, -0.05) is 90.4 Å². The van der Waals surface area contributed by atoms with E-state index in [1.807, 2.05) is 5.48 Å². The Hall–Kier alpha value is -1.79. The Morgan fingerprint density at radius 2 is 1.20 bits per heavy atom. The van der Waals surface area contributed by atoms with Crippen LogP contribution in [0, 0.1) is 5.41 Å². The van der Waals surface area contributed by atoms with E-state index >= 15 is 0 Å². The number of amides is 1. The molecule has 0 fully saturated rings. The minimum atomic E-state index is -0.434. The lowest BCUT2D eigenvalue weighted by molar-refractivity contribution is -0.148. The largest absolute Gasteiger partial charge is 0.368 e. The smallest absolute Gasteiger partial charge is 0.332 e. The summed E-state index contributed by atoms with van der Waals surface area (Å²) in [6.07, 6.45) is 20.3. The molecule has 7 nitrogen and oxygen atoms in total. The van der Waals surface area contributed by atoms with Crippen molar-refractivity contribution in [3.63, 3.8) is 0 Å². The Kier molecular flexibility index (Phi) is 20.6. The maximum atomic E-state index is 11.8. The third-order valence-corrected chi connectivity index (χ3v) is 5.16. The van der Waals surface area contributed by atoms with E-state index in [4.69, 9.17) is 11.1 Å². The number of hydrogen-bond donors (Lipinski definition) is 4. The van der Waals surface area contributed by atoms with Crippen LogP contribution < -0.4 is 16.5 Å². The fourth-order valence-electron chi connectivity index (χ4n) is 3.35. The summed E-state index contributed by atoms with van der Waals surface area (Å²) < 4.78 is 0. The molecule has 5 N–H and O–H groups in total. The van der Waals surface area contributed by atoms with Gasteiger partial charge in [0.1, 0.15) is 0 Å². The minimum absolute atomic E-state index is 0.128. The third kappa shape index (κ3) is 22.5. The fraction of sp³-hybridized carbons (Fsp3) is 0.870. The van der Waals surface area contributed by atoms with Crippen molar-refractivity contribution in [1.29, 1.82) is 5.41 Å². The normalized spacial score (nSPS) is 10.6. The molecule has 0 radical (unpaired) electrons. The van der Waals surface area contributed by atoms with Crippen LogP contribution in [0.3, 0.4) is 0 Å². The van der Waals surface area contributed by atoms with Crippen molar-refractivity contribution >= 4 is 17.8 Å². The van der Waals surface area contributed by atoms with E-state index in [0.29, 0.717) is 19.4 Å². The Labute approximate surface area is 183 Å². The van der Waals surface area contributed by atoms with Crippen LogP contribution in [0.15, 0.2) is 0 Å². The highest BCUT2D eigenvalue weighted by Crippen LogP contribution is 2.12. The number of nitrogens with one attached hydrogen (secondary N) is 3. The minimum Gasteiger partial charge on any atom is -0.368 e. The van der Waals surface area contributed by atoms with Gasteiger partial charge in [0.25, 0.3) is 0 Å². The van der Waals surface area contributed by atoms with Crippen molar-refractivity contribution < 1.29 is 14.4 Å². The molecule has 1 amide bonds. The quantitative estimate of drug-likeness (QED) is 0.0936. The summed E-state index contributed by atoms with van der Waals surface area (Å²) in [6.45, 7) is 2.91. The monoisotopic (exact) mass is 426 g/mol. The fourth-order valence-corrected chi connectivity index (χ4v) is 3.35. The number of unbranched alkanes of at least 4 members (excludes halogenated alkanes) is 14. The summed E-state index contributed by atoms with van der Waals surface area (Å²) in [5.41, 5.74) is 7.03. The van der Waals surface area contributed by atoms with E-state index < -0.39 is 11.9 Å². The second-order valence-corrected chi connectivity index (χ2v) is 8.14. The number of nitrogens with two attached hydrogens (primary N) is 1. The van der Waals surface area contributed by atoms with Crippen molar-refractivity contribution in [2.45, 2.75) is 122 Å². The SMILES string of the molecule is CCCCCCCCCCCCCCCC(=O)NCCCCCC(=O)ONC(=N)N. The number of hydrogen-bond acceptors (Lipinski definition) is 4. The van der Waals surface area contributed by atoms with Crippen molar-refractivity contribution in [2.75, 3.05) is 6.54 Å². The molecule has 0 unspecified atom stereocenters. The number of carbonyl (C=O) groups excluding carboxylic acids is 2. The van der Waals surface area contributed by atoms with E-state index in [1.165, 1.54) is 70.6 Å². The Bertz CT molecular complexity index is 444.